The van der Waals surface area contributed by atoms with Crippen molar-refractivity contribution in [1.29, 1.82) is 0 Å². The van der Waals surface area contributed by atoms with Crippen molar-refractivity contribution in [3.63, 3.8) is 0 Å². The van der Waals surface area contributed by atoms with Crippen molar-refractivity contribution in [2.75, 3.05) is 52.4 Å². The number of Topliss-reactive ketones (excluding diaryl/α,β-unsaturated/α-hetero) is 4. The average Bonchev–Trinajstić information content (AvgIpc) is 3.12. The quantitative estimate of drug-likeness (QED) is 0.0651. The third-order valence-corrected chi connectivity index (χ3v) is 8.46. The van der Waals surface area contributed by atoms with E-state index in [1.54, 1.807) is 41.5 Å². The lowest BCUT2D eigenvalue weighted by Gasteiger charge is -2.39. The monoisotopic (exact) mass is 752 g/mol. The highest BCUT2D eigenvalue weighted by Gasteiger charge is 2.41. The second kappa shape index (κ2) is 27.1. The zero-order valence-corrected chi connectivity index (χ0v) is 32.6. The molecule has 0 fully saturated rings. The van der Waals surface area contributed by atoms with E-state index in [1.165, 1.54) is 9.80 Å². The van der Waals surface area contributed by atoms with Crippen LogP contribution in [-0.4, -0.2) is 125 Å². The van der Waals surface area contributed by atoms with Crippen LogP contribution in [0.15, 0.2) is 0 Å². The van der Waals surface area contributed by atoms with Gasteiger partial charge in [-0.3, -0.25) is 74.1 Å². The van der Waals surface area contributed by atoms with Crippen molar-refractivity contribution in [1.82, 2.24) is 31.5 Å². The number of hydrazine groups is 2. The van der Waals surface area contributed by atoms with E-state index >= 15 is 0 Å². The molecule has 53 heavy (non-hydrogen) atoms. The van der Waals surface area contributed by atoms with Crippen LogP contribution in [0, 0.1) is 0 Å². The fourth-order valence-corrected chi connectivity index (χ4v) is 5.12. The minimum atomic E-state index is -0.847. The number of carbonyl (C=O) groups excluding carboxylic acids is 10. The van der Waals surface area contributed by atoms with E-state index in [1.807, 2.05) is 0 Å². The van der Waals surface area contributed by atoms with Gasteiger partial charge in [0, 0.05) is 90.4 Å². The van der Waals surface area contributed by atoms with Gasteiger partial charge in [-0.05, 0) is 12.8 Å². The van der Waals surface area contributed by atoms with Crippen LogP contribution in [0.2, 0.25) is 0 Å². The van der Waals surface area contributed by atoms with Gasteiger partial charge < -0.3 is 9.80 Å². The lowest BCUT2D eigenvalue weighted by molar-refractivity contribution is -0.898. The Morgan fingerprint density at radius 1 is 0.377 bits per heavy atom. The summed E-state index contributed by atoms with van der Waals surface area (Å²) < 4.78 is -0.845. The zero-order chi connectivity index (χ0) is 40.4. The molecule has 300 valence electrons. The molecular weight excluding hydrogens is 690 g/mol. The van der Waals surface area contributed by atoms with Gasteiger partial charge in [0.25, 0.3) is 23.6 Å². The van der Waals surface area contributed by atoms with E-state index in [0.29, 0.717) is 12.8 Å². The predicted molar refractivity (Wildman–Crippen MR) is 195 cm³/mol. The molecule has 0 radical (unpaired) electrons. The van der Waals surface area contributed by atoms with E-state index in [0.717, 1.165) is 0 Å². The lowest BCUT2D eigenvalue weighted by Crippen LogP contribution is -2.65. The summed E-state index contributed by atoms with van der Waals surface area (Å²) in [5.74, 6) is -4.55. The van der Waals surface area contributed by atoms with Crippen LogP contribution in [0.3, 0.4) is 0 Å². The van der Waals surface area contributed by atoms with Crippen molar-refractivity contribution in [3.05, 3.63) is 0 Å². The molecule has 0 spiro atoms. The smallest absolute Gasteiger partial charge is 0.293 e. The van der Waals surface area contributed by atoms with E-state index in [2.05, 4.69) is 21.7 Å². The molecule has 0 bridgehead atoms. The fourth-order valence-electron chi connectivity index (χ4n) is 5.12. The van der Waals surface area contributed by atoms with Crippen molar-refractivity contribution in [2.45, 2.75) is 119 Å². The maximum absolute atomic E-state index is 14.2. The third kappa shape index (κ3) is 21.6. The van der Waals surface area contributed by atoms with Gasteiger partial charge in [-0.25, -0.2) is 0 Å². The molecule has 0 unspecified atom stereocenters. The van der Waals surface area contributed by atoms with E-state index in [9.17, 15) is 47.9 Å². The Balaban J connectivity index is 7.08. The molecule has 6 amide bonds. The van der Waals surface area contributed by atoms with Crippen LogP contribution in [0.1, 0.15) is 119 Å². The van der Waals surface area contributed by atoms with Crippen LogP contribution in [-0.2, 0) is 47.9 Å². The Hall–Kier alpha value is -4.54. The molecule has 0 saturated carbocycles. The van der Waals surface area contributed by atoms with Gasteiger partial charge in [0.05, 0.1) is 0 Å². The normalized spacial score (nSPS) is 10.8. The number of carbonyl (C=O) groups is 10. The van der Waals surface area contributed by atoms with Gasteiger partial charge in [-0.1, -0.05) is 41.5 Å². The maximum atomic E-state index is 14.2. The molecule has 0 rings (SSSR count). The molecule has 0 aromatic rings. The SMILES string of the molecule is CCCC(=O)NNC(=O)C[N+](CC(=O)NNC(=O)CCC)(CC(=O)N(CCC(=O)CC)CCC(=O)CC)CC(=O)N(CCC(=O)CC)CCC(=O)CC. The molecule has 0 aromatic heterocycles. The second-order valence-corrected chi connectivity index (χ2v) is 13.0. The molecule has 0 aliphatic heterocycles. The molecule has 4 N–H and O–H groups in total. The molecule has 0 saturated heterocycles. The Morgan fingerprint density at radius 2 is 0.642 bits per heavy atom. The number of rotatable bonds is 28. The van der Waals surface area contributed by atoms with Gasteiger partial charge in [-0.2, -0.15) is 0 Å². The Morgan fingerprint density at radius 3 is 0.887 bits per heavy atom. The largest absolute Gasteiger partial charge is 0.337 e. The first-order valence-electron chi connectivity index (χ1n) is 18.7. The van der Waals surface area contributed by atoms with E-state index < -0.39 is 66.1 Å². The van der Waals surface area contributed by atoms with E-state index in [-0.39, 0.29) is 114 Å². The van der Waals surface area contributed by atoms with Crippen molar-refractivity contribution < 1.29 is 52.4 Å². The van der Waals surface area contributed by atoms with Gasteiger partial charge >= 0.3 is 0 Å². The van der Waals surface area contributed by atoms with Gasteiger partial charge in [0.15, 0.2) is 26.2 Å². The van der Waals surface area contributed by atoms with E-state index in [4.69, 9.17) is 0 Å². The fraction of sp³-hybridized carbons (Fsp3) is 0.722. The minimum Gasteiger partial charge on any atom is -0.337 e. The van der Waals surface area contributed by atoms with Crippen molar-refractivity contribution >= 4 is 58.6 Å². The van der Waals surface area contributed by atoms with Crippen LogP contribution in [0.4, 0.5) is 0 Å². The topological polar surface area (TPSA) is 225 Å². The number of nitrogens with zero attached hydrogens (tertiary/aromatic N) is 3. The highest BCUT2D eigenvalue weighted by molar-refractivity contribution is 5.87. The first-order chi connectivity index (χ1) is 25.1. The first kappa shape index (κ1) is 48.5. The molecule has 0 aliphatic carbocycles. The van der Waals surface area contributed by atoms with Crippen LogP contribution in [0.25, 0.3) is 0 Å². The van der Waals surface area contributed by atoms with Gasteiger partial charge in [0.1, 0.15) is 23.1 Å². The van der Waals surface area contributed by atoms with Crippen molar-refractivity contribution in [2.24, 2.45) is 0 Å². The summed E-state index contributed by atoms with van der Waals surface area (Å²) in [7, 11) is 0. The van der Waals surface area contributed by atoms with Crippen LogP contribution in [0.5, 0.6) is 0 Å². The molecule has 0 aliphatic rings. The zero-order valence-electron chi connectivity index (χ0n) is 32.6. The summed E-state index contributed by atoms with van der Waals surface area (Å²) in [6.45, 7) is 7.33. The van der Waals surface area contributed by atoms with Gasteiger partial charge in [0.2, 0.25) is 11.8 Å². The second-order valence-electron chi connectivity index (χ2n) is 13.0. The van der Waals surface area contributed by atoms with Crippen LogP contribution >= 0.6 is 0 Å². The molecule has 0 heterocycles. The lowest BCUT2D eigenvalue weighted by atomic mass is 10.1. The third-order valence-electron chi connectivity index (χ3n) is 8.46. The summed E-state index contributed by atoms with van der Waals surface area (Å²) in [6.07, 6.45) is 1.99. The number of nitrogens with one attached hydrogen (secondary N) is 4. The standard InChI is InChI=1S/C36H61N7O10/c1-7-13-31(48)37-39-33(50)23-43(24-34(51)40-38-32(49)14-8-2,25-35(52)41(19-15-27(44)9-3)20-16-28(45)10-4)26-36(53)42(21-17-29(46)11-5)22-18-30(47)12-6/h7-26H2,1-6H3,(H3-,37,38,39,40,48,49,50,51)/p+1. The molecule has 0 atom stereocenters. The van der Waals surface area contributed by atoms with Crippen LogP contribution < -0.4 is 21.7 Å². The summed E-state index contributed by atoms with van der Waals surface area (Å²) in [4.78, 5) is 131. The van der Waals surface area contributed by atoms with Crippen molar-refractivity contribution in [3.8, 4) is 0 Å². The molecule has 17 heteroatoms. The molecular formula is C36H62N7O10+. The first-order valence-corrected chi connectivity index (χ1v) is 18.7. The summed E-state index contributed by atoms with van der Waals surface area (Å²) in [5.41, 5.74) is 9.10. The number of quaternary nitrogens is 1. The Kier molecular flexibility index (Phi) is 24.8. The minimum absolute atomic E-state index is 0.0138. The average molecular weight is 753 g/mol. The molecule has 17 nitrogen and oxygen atoms in total. The Bertz CT molecular complexity index is 1150. The highest BCUT2D eigenvalue weighted by Crippen LogP contribution is 2.14. The number of hydrogen-bond donors (Lipinski definition) is 4. The highest BCUT2D eigenvalue weighted by atomic mass is 16.2. The summed E-state index contributed by atoms with van der Waals surface area (Å²) in [5, 5.41) is 0. The number of ketones is 4. The summed E-state index contributed by atoms with van der Waals surface area (Å²) >= 11 is 0. The predicted octanol–water partition coefficient (Wildman–Crippen LogP) is 0.832. The molecule has 0 aromatic carbocycles. The number of amides is 6. The van der Waals surface area contributed by atoms with Gasteiger partial charge in [-0.15, -0.1) is 0 Å². The Labute approximate surface area is 313 Å². The number of hydrogen-bond acceptors (Lipinski definition) is 10. The maximum Gasteiger partial charge on any atom is 0.293 e. The summed E-state index contributed by atoms with van der Waals surface area (Å²) in [6, 6.07) is 0.